The number of nitrogens with zero attached hydrogens (tertiary/aromatic N) is 6. The molecule has 2 aromatic heterocycles. The molecule has 0 bridgehead atoms. The third kappa shape index (κ3) is 5.24. The van der Waals surface area contributed by atoms with E-state index in [1.807, 2.05) is 42.7 Å². The van der Waals surface area contributed by atoms with E-state index < -0.39 is 0 Å². The number of tetrazole rings is 1. The molecule has 3 aromatic rings. The van der Waals surface area contributed by atoms with Gasteiger partial charge in [0.05, 0.1) is 37.6 Å². The van der Waals surface area contributed by atoms with Gasteiger partial charge in [0.2, 0.25) is 11.1 Å². The van der Waals surface area contributed by atoms with Crippen LogP contribution in [0.1, 0.15) is 35.2 Å². The molecule has 1 aromatic carbocycles. The minimum atomic E-state index is -0.230. The van der Waals surface area contributed by atoms with Crippen molar-refractivity contribution in [2.24, 2.45) is 0 Å². The SMILES string of the molecule is COc1ccc(Cn2nnnc2SCC(=O)Nc2c(C#N)c(C)c(C)n2CC2CCCO2)cc1. The largest absolute Gasteiger partial charge is 0.497 e. The quantitative estimate of drug-likeness (QED) is 0.463. The Labute approximate surface area is 202 Å². The number of rotatable bonds is 9. The number of carbonyl (C=O) groups excluding carboxylic acids is 1. The molecule has 34 heavy (non-hydrogen) atoms. The highest BCUT2D eigenvalue weighted by Crippen LogP contribution is 2.29. The van der Waals surface area contributed by atoms with Gasteiger partial charge in [0.1, 0.15) is 17.6 Å². The molecule has 0 radical (unpaired) electrons. The summed E-state index contributed by atoms with van der Waals surface area (Å²) in [6.07, 6.45) is 2.08. The van der Waals surface area contributed by atoms with E-state index in [2.05, 4.69) is 26.9 Å². The van der Waals surface area contributed by atoms with Crippen LogP contribution in [0.3, 0.4) is 0 Å². The normalized spacial score (nSPS) is 15.3. The molecule has 0 aliphatic carbocycles. The number of amides is 1. The molecule has 0 saturated carbocycles. The Hall–Kier alpha value is -3.36. The lowest BCUT2D eigenvalue weighted by Gasteiger charge is -2.16. The second kappa shape index (κ2) is 10.7. The van der Waals surface area contributed by atoms with Gasteiger partial charge in [-0.1, -0.05) is 23.9 Å². The smallest absolute Gasteiger partial charge is 0.235 e. The Balaban J connectivity index is 1.42. The van der Waals surface area contributed by atoms with Crippen molar-refractivity contribution >= 4 is 23.5 Å². The van der Waals surface area contributed by atoms with Gasteiger partial charge in [-0.05, 0) is 60.4 Å². The molecule has 3 heterocycles. The molecule has 1 aliphatic rings. The second-order valence-electron chi connectivity index (χ2n) is 8.10. The molecule has 11 heteroatoms. The molecule has 1 aliphatic heterocycles. The third-order valence-electron chi connectivity index (χ3n) is 5.93. The molecule has 1 saturated heterocycles. The summed E-state index contributed by atoms with van der Waals surface area (Å²) in [5, 5.41) is 25.0. The number of carbonyl (C=O) groups is 1. The number of nitrogens with one attached hydrogen (secondary N) is 1. The van der Waals surface area contributed by atoms with Crippen molar-refractivity contribution in [3.63, 3.8) is 0 Å². The van der Waals surface area contributed by atoms with E-state index in [-0.39, 0.29) is 17.8 Å². The van der Waals surface area contributed by atoms with Gasteiger partial charge in [0.25, 0.3) is 0 Å². The molecular weight excluding hydrogens is 454 g/mol. The highest BCUT2D eigenvalue weighted by Gasteiger charge is 2.24. The second-order valence-corrected chi connectivity index (χ2v) is 9.04. The van der Waals surface area contributed by atoms with Gasteiger partial charge >= 0.3 is 0 Å². The lowest BCUT2D eigenvalue weighted by Crippen LogP contribution is -2.22. The number of hydrogen-bond acceptors (Lipinski definition) is 8. The molecular formula is C23H27N7O3S. The van der Waals surface area contributed by atoms with E-state index in [9.17, 15) is 10.1 Å². The first-order valence-corrected chi connectivity index (χ1v) is 12.0. The summed E-state index contributed by atoms with van der Waals surface area (Å²) in [6, 6.07) is 9.88. The van der Waals surface area contributed by atoms with Crippen LogP contribution in [0, 0.1) is 25.2 Å². The fraction of sp³-hybridized carbons (Fsp3) is 0.435. The monoisotopic (exact) mass is 481 g/mol. The van der Waals surface area contributed by atoms with Crippen molar-refractivity contribution in [2.75, 3.05) is 24.8 Å². The standard InChI is InChI=1S/C23H27N7O3S/c1-15-16(2)29(13-19-5-4-10-33-19)22(20(15)11-24)25-21(31)14-34-23-26-27-28-30(23)12-17-6-8-18(32-3)9-7-17/h6-9,19H,4-5,10,12-14H2,1-3H3,(H,25,31). The van der Waals surface area contributed by atoms with E-state index in [0.717, 1.165) is 42.0 Å². The van der Waals surface area contributed by atoms with Crippen molar-refractivity contribution < 1.29 is 14.3 Å². The first-order valence-electron chi connectivity index (χ1n) is 11.0. The third-order valence-corrected chi connectivity index (χ3v) is 6.89. The average Bonchev–Trinajstić information content (AvgIpc) is 3.57. The van der Waals surface area contributed by atoms with Crippen LogP contribution in [-0.4, -0.2) is 56.3 Å². The number of thioether (sulfide) groups is 1. The summed E-state index contributed by atoms with van der Waals surface area (Å²) in [6.45, 7) is 5.69. The van der Waals surface area contributed by atoms with Crippen LogP contribution in [0.25, 0.3) is 0 Å². The van der Waals surface area contributed by atoms with Gasteiger partial charge < -0.3 is 19.4 Å². The van der Waals surface area contributed by atoms with E-state index in [1.165, 1.54) is 11.8 Å². The molecule has 1 amide bonds. The fourth-order valence-electron chi connectivity index (χ4n) is 3.95. The topological polar surface area (TPSA) is 120 Å². The Bertz CT molecular complexity index is 1190. The van der Waals surface area contributed by atoms with Gasteiger partial charge in [-0.15, -0.1) is 5.10 Å². The zero-order valence-electron chi connectivity index (χ0n) is 19.4. The zero-order chi connectivity index (χ0) is 24.1. The molecule has 1 N–H and O–H groups in total. The van der Waals surface area contributed by atoms with Gasteiger partial charge in [-0.25, -0.2) is 4.68 Å². The number of hydrogen-bond donors (Lipinski definition) is 1. The summed E-state index contributed by atoms with van der Waals surface area (Å²) < 4.78 is 14.6. The lowest BCUT2D eigenvalue weighted by molar-refractivity contribution is -0.113. The maximum absolute atomic E-state index is 12.8. The van der Waals surface area contributed by atoms with Gasteiger partial charge in [0, 0.05) is 12.3 Å². The zero-order valence-corrected chi connectivity index (χ0v) is 20.3. The summed E-state index contributed by atoms with van der Waals surface area (Å²) >= 11 is 1.24. The van der Waals surface area contributed by atoms with E-state index in [4.69, 9.17) is 9.47 Å². The highest BCUT2D eigenvalue weighted by atomic mass is 32.2. The van der Waals surface area contributed by atoms with Crippen molar-refractivity contribution in [1.82, 2.24) is 24.8 Å². The highest BCUT2D eigenvalue weighted by molar-refractivity contribution is 7.99. The molecule has 1 fully saturated rings. The van der Waals surface area contributed by atoms with E-state index in [1.54, 1.807) is 11.8 Å². The van der Waals surface area contributed by atoms with E-state index in [0.29, 0.717) is 29.6 Å². The maximum Gasteiger partial charge on any atom is 0.235 e. The first-order chi connectivity index (χ1) is 16.5. The molecule has 1 atom stereocenters. The van der Waals surface area contributed by atoms with Gasteiger partial charge in [-0.2, -0.15) is 5.26 Å². The Morgan fingerprint density at radius 3 is 2.82 bits per heavy atom. The van der Waals surface area contributed by atoms with Gasteiger partial charge in [0.15, 0.2) is 0 Å². The van der Waals surface area contributed by atoms with Gasteiger partial charge in [-0.3, -0.25) is 4.79 Å². The number of nitriles is 1. The van der Waals surface area contributed by atoms with Crippen molar-refractivity contribution in [1.29, 1.82) is 5.26 Å². The summed E-state index contributed by atoms with van der Waals surface area (Å²) in [5.74, 6) is 1.18. The Morgan fingerprint density at radius 1 is 1.35 bits per heavy atom. The number of anilines is 1. The van der Waals surface area contributed by atoms with Crippen LogP contribution < -0.4 is 10.1 Å². The van der Waals surface area contributed by atoms with Crippen LogP contribution in [0.15, 0.2) is 29.4 Å². The maximum atomic E-state index is 12.8. The number of ether oxygens (including phenoxy) is 2. The average molecular weight is 482 g/mol. The van der Waals surface area contributed by atoms with Crippen LogP contribution in [-0.2, 0) is 22.6 Å². The predicted octanol–water partition coefficient (Wildman–Crippen LogP) is 2.93. The molecule has 1 unspecified atom stereocenters. The van der Waals surface area contributed by atoms with E-state index >= 15 is 0 Å². The molecule has 178 valence electrons. The fourth-order valence-corrected chi connectivity index (χ4v) is 4.63. The van der Waals surface area contributed by atoms with Crippen molar-refractivity contribution in [3.05, 3.63) is 46.6 Å². The van der Waals surface area contributed by atoms with Crippen LogP contribution >= 0.6 is 11.8 Å². The predicted molar refractivity (Wildman–Crippen MR) is 127 cm³/mol. The summed E-state index contributed by atoms with van der Waals surface area (Å²) in [4.78, 5) is 12.8. The summed E-state index contributed by atoms with van der Waals surface area (Å²) in [7, 11) is 1.62. The summed E-state index contributed by atoms with van der Waals surface area (Å²) in [5.41, 5.74) is 3.32. The van der Waals surface area contributed by atoms with Crippen LogP contribution in [0.2, 0.25) is 0 Å². The first kappa shape index (κ1) is 23.8. The van der Waals surface area contributed by atoms with Crippen LogP contribution in [0.4, 0.5) is 5.82 Å². The number of methoxy groups -OCH3 is 1. The molecule has 10 nitrogen and oxygen atoms in total. The Kier molecular flexibility index (Phi) is 7.49. The van der Waals surface area contributed by atoms with Crippen molar-refractivity contribution in [2.45, 2.75) is 51.0 Å². The molecule has 0 spiro atoms. The minimum Gasteiger partial charge on any atom is -0.497 e. The Morgan fingerprint density at radius 2 is 2.15 bits per heavy atom. The number of benzene rings is 1. The van der Waals surface area contributed by atoms with Crippen molar-refractivity contribution in [3.8, 4) is 11.8 Å². The minimum absolute atomic E-state index is 0.0876. The number of aromatic nitrogens is 5. The lowest BCUT2D eigenvalue weighted by atomic mass is 10.2. The van der Waals surface area contributed by atoms with Crippen LogP contribution in [0.5, 0.6) is 5.75 Å². The molecule has 4 rings (SSSR count).